The lowest BCUT2D eigenvalue weighted by Crippen LogP contribution is -2.30. The largest absolute Gasteiger partial charge is 0.497 e. The Bertz CT molecular complexity index is 1240. The third kappa shape index (κ3) is 4.82. The third-order valence-electron chi connectivity index (χ3n) is 4.68. The highest BCUT2D eigenvalue weighted by atomic mass is 16.5. The van der Waals surface area contributed by atoms with Gasteiger partial charge in [0, 0.05) is 17.3 Å². The predicted octanol–water partition coefficient (Wildman–Crippen LogP) is 4.85. The van der Waals surface area contributed by atoms with Crippen LogP contribution in [0.25, 0.3) is 16.8 Å². The van der Waals surface area contributed by atoms with Crippen molar-refractivity contribution in [2.45, 2.75) is 0 Å². The highest BCUT2D eigenvalue weighted by molar-refractivity contribution is 6.11. The van der Waals surface area contributed by atoms with Gasteiger partial charge in [0.1, 0.15) is 17.2 Å². The number of methoxy groups -OCH3 is 1. The smallest absolute Gasteiger partial charge is 0.272 e. The van der Waals surface area contributed by atoms with E-state index in [0.29, 0.717) is 22.8 Å². The van der Waals surface area contributed by atoms with Crippen molar-refractivity contribution in [2.75, 3.05) is 12.4 Å². The standard InChI is InChI=1S/C25H20N2O4/c1-30-21-12-9-18(10-13-21)24(28)27-23(16-22-7-4-14-31-22)25(29)26-20-11-8-17-5-2-3-6-19(17)15-20/h2-16H,1H3,(H,26,29)(H,27,28)/b23-16-. The Kier molecular flexibility index (Phi) is 5.80. The molecule has 154 valence electrons. The summed E-state index contributed by atoms with van der Waals surface area (Å²) in [4.78, 5) is 25.7. The van der Waals surface area contributed by atoms with Gasteiger partial charge in [-0.2, -0.15) is 0 Å². The molecule has 0 radical (unpaired) electrons. The molecule has 0 aliphatic rings. The molecule has 0 aliphatic heterocycles. The Morgan fingerprint density at radius 2 is 1.68 bits per heavy atom. The number of benzene rings is 3. The average molecular weight is 412 g/mol. The van der Waals surface area contributed by atoms with Crippen molar-refractivity contribution in [3.63, 3.8) is 0 Å². The molecule has 0 bridgehead atoms. The van der Waals surface area contributed by atoms with Gasteiger partial charge in [-0.25, -0.2) is 0 Å². The number of amides is 2. The van der Waals surface area contributed by atoms with Gasteiger partial charge >= 0.3 is 0 Å². The number of fused-ring (bicyclic) bond motifs is 1. The van der Waals surface area contributed by atoms with Gasteiger partial charge in [-0.05, 0) is 59.3 Å². The Morgan fingerprint density at radius 3 is 2.39 bits per heavy atom. The molecule has 4 aromatic rings. The molecule has 0 atom stereocenters. The fraction of sp³-hybridized carbons (Fsp3) is 0.0400. The third-order valence-corrected chi connectivity index (χ3v) is 4.68. The average Bonchev–Trinajstić information content (AvgIpc) is 3.31. The number of carbonyl (C=O) groups is 2. The first kappa shape index (κ1) is 20.0. The van der Waals surface area contributed by atoms with Crippen LogP contribution in [-0.2, 0) is 4.79 Å². The van der Waals surface area contributed by atoms with Gasteiger partial charge < -0.3 is 19.8 Å². The Balaban J connectivity index is 1.57. The Labute approximate surface area is 179 Å². The molecule has 3 aromatic carbocycles. The highest BCUT2D eigenvalue weighted by Crippen LogP contribution is 2.20. The number of ether oxygens (including phenoxy) is 1. The van der Waals surface area contributed by atoms with Crippen LogP contribution < -0.4 is 15.4 Å². The zero-order chi connectivity index (χ0) is 21.6. The maximum Gasteiger partial charge on any atom is 0.272 e. The van der Waals surface area contributed by atoms with Crippen LogP contribution in [0.3, 0.4) is 0 Å². The van der Waals surface area contributed by atoms with E-state index in [4.69, 9.17) is 9.15 Å². The normalized spacial score (nSPS) is 11.2. The molecule has 0 saturated carbocycles. The lowest BCUT2D eigenvalue weighted by molar-refractivity contribution is -0.113. The number of hydrogen-bond donors (Lipinski definition) is 2. The van der Waals surface area contributed by atoms with E-state index in [2.05, 4.69) is 10.6 Å². The van der Waals surface area contributed by atoms with Crippen LogP contribution >= 0.6 is 0 Å². The van der Waals surface area contributed by atoms with Crippen molar-refractivity contribution >= 4 is 34.4 Å². The van der Waals surface area contributed by atoms with E-state index in [1.165, 1.54) is 12.3 Å². The molecule has 0 fully saturated rings. The number of anilines is 1. The molecule has 0 unspecified atom stereocenters. The van der Waals surface area contributed by atoms with Crippen molar-refractivity contribution in [1.82, 2.24) is 5.32 Å². The monoisotopic (exact) mass is 412 g/mol. The van der Waals surface area contributed by atoms with Crippen LogP contribution in [0.4, 0.5) is 5.69 Å². The summed E-state index contributed by atoms with van der Waals surface area (Å²) in [5.41, 5.74) is 1.07. The van der Waals surface area contributed by atoms with Crippen LogP contribution in [0, 0.1) is 0 Å². The summed E-state index contributed by atoms with van der Waals surface area (Å²) < 4.78 is 10.4. The molecule has 2 amide bonds. The van der Waals surface area contributed by atoms with E-state index in [1.807, 2.05) is 42.5 Å². The van der Waals surface area contributed by atoms with Gasteiger partial charge in [0.15, 0.2) is 0 Å². The maximum atomic E-state index is 13.0. The van der Waals surface area contributed by atoms with Crippen LogP contribution in [0.15, 0.2) is 95.2 Å². The number of carbonyl (C=O) groups excluding carboxylic acids is 2. The number of furan rings is 1. The lowest BCUT2D eigenvalue weighted by Gasteiger charge is -2.12. The van der Waals surface area contributed by atoms with Gasteiger partial charge in [0.05, 0.1) is 13.4 Å². The van der Waals surface area contributed by atoms with Gasteiger partial charge in [-0.15, -0.1) is 0 Å². The quantitative estimate of drug-likeness (QED) is 0.444. The number of hydrogen-bond acceptors (Lipinski definition) is 4. The lowest BCUT2D eigenvalue weighted by atomic mass is 10.1. The van der Waals surface area contributed by atoms with Gasteiger partial charge in [-0.3, -0.25) is 9.59 Å². The summed E-state index contributed by atoms with van der Waals surface area (Å²) in [6.45, 7) is 0. The van der Waals surface area contributed by atoms with Crippen LogP contribution in [0.1, 0.15) is 16.1 Å². The summed E-state index contributed by atoms with van der Waals surface area (Å²) in [5.74, 6) is 0.193. The molecule has 0 saturated heterocycles. The minimum absolute atomic E-state index is 0.0592. The Morgan fingerprint density at radius 1 is 0.903 bits per heavy atom. The zero-order valence-electron chi connectivity index (χ0n) is 16.8. The highest BCUT2D eigenvalue weighted by Gasteiger charge is 2.16. The molecule has 1 aromatic heterocycles. The molecule has 4 rings (SSSR count). The SMILES string of the molecule is COc1ccc(C(=O)N/C(=C\c2ccco2)C(=O)Nc2ccc3ccccc3c2)cc1. The van der Waals surface area contributed by atoms with Gasteiger partial charge in [0.25, 0.3) is 11.8 Å². The van der Waals surface area contributed by atoms with E-state index >= 15 is 0 Å². The van der Waals surface area contributed by atoms with Crippen molar-refractivity contribution in [3.05, 3.63) is 102 Å². The molecule has 6 nitrogen and oxygen atoms in total. The summed E-state index contributed by atoms with van der Waals surface area (Å²) in [5, 5.41) is 7.58. The summed E-state index contributed by atoms with van der Waals surface area (Å²) in [7, 11) is 1.55. The maximum absolute atomic E-state index is 13.0. The Hall–Kier alpha value is -4.32. The summed E-state index contributed by atoms with van der Waals surface area (Å²) in [6, 6.07) is 23.5. The van der Waals surface area contributed by atoms with E-state index in [1.54, 1.807) is 43.5 Å². The van der Waals surface area contributed by atoms with E-state index in [9.17, 15) is 9.59 Å². The minimum atomic E-state index is -0.464. The first-order valence-electron chi connectivity index (χ1n) is 9.63. The molecule has 2 N–H and O–H groups in total. The summed E-state index contributed by atoms with van der Waals surface area (Å²) >= 11 is 0. The number of nitrogens with one attached hydrogen (secondary N) is 2. The fourth-order valence-electron chi connectivity index (χ4n) is 3.08. The van der Waals surface area contributed by atoms with Crippen molar-refractivity contribution in [3.8, 4) is 5.75 Å². The first-order chi connectivity index (χ1) is 15.1. The van der Waals surface area contributed by atoms with Gasteiger partial charge in [-0.1, -0.05) is 30.3 Å². The predicted molar refractivity (Wildman–Crippen MR) is 120 cm³/mol. The molecule has 1 heterocycles. The molecule has 0 aliphatic carbocycles. The second-order valence-corrected chi connectivity index (χ2v) is 6.77. The molecular weight excluding hydrogens is 392 g/mol. The van der Waals surface area contributed by atoms with Crippen molar-refractivity contribution < 1.29 is 18.7 Å². The van der Waals surface area contributed by atoms with E-state index in [-0.39, 0.29) is 5.70 Å². The second-order valence-electron chi connectivity index (χ2n) is 6.77. The van der Waals surface area contributed by atoms with Crippen molar-refractivity contribution in [2.24, 2.45) is 0 Å². The first-order valence-corrected chi connectivity index (χ1v) is 9.63. The van der Waals surface area contributed by atoms with E-state index in [0.717, 1.165) is 10.8 Å². The van der Waals surface area contributed by atoms with E-state index < -0.39 is 11.8 Å². The minimum Gasteiger partial charge on any atom is -0.497 e. The molecule has 31 heavy (non-hydrogen) atoms. The zero-order valence-corrected chi connectivity index (χ0v) is 16.8. The fourth-order valence-corrected chi connectivity index (χ4v) is 3.08. The van der Waals surface area contributed by atoms with Crippen LogP contribution in [0.2, 0.25) is 0 Å². The number of rotatable bonds is 6. The molecule has 0 spiro atoms. The van der Waals surface area contributed by atoms with Gasteiger partial charge in [0.2, 0.25) is 0 Å². The summed E-state index contributed by atoms with van der Waals surface area (Å²) in [6.07, 6.45) is 2.98. The topological polar surface area (TPSA) is 80.6 Å². The molecule has 6 heteroatoms. The second kappa shape index (κ2) is 9.00. The van der Waals surface area contributed by atoms with Crippen molar-refractivity contribution in [1.29, 1.82) is 0 Å². The molecular formula is C25H20N2O4. The van der Waals surface area contributed by atoms with Crippen LogP contribution in [0.5, 0.6) is 5.75 Å². The van der Waals surface area contributed by atoms with Crippen LogP contribution in [-0.4, -0.2) is 18.9 Å².